The lowest BCUT2D eigenvalue weighted by molar-refractivity contribution is -0.137. The molecule has 1 aromatic rings. The molecule has 0 aliphatic heterocycles. The van der Waals surface area contributed by atoms with Gasteiger partial charge < -0.3 is 10.8 Å². The maximum Gasteiger partial charge on any atom is 0.416 e. The van der Waals surface area contributed by atoms with E-state index in [0.717, 1.165) is 12.1 Å². The molecule has 0 aliphatic rings. The standard InChI is InChI=1S/C12H16F3NO.ClH/c1-7(2)11(17)10(16)8-4-3-5-9(6-8)12(13,14)15;/h3-7,10-11,17H,16H2,1-2H3;1H/t10-,11+;/m1./s1. The molecule has 0 radical (unpaired) electrons. The van der Waals surface area contributed by atoms with Crippen molar-refractivity contribution >= 4 is 12.4 Å². The van der Waals surface area contributed by atoms with E-state index in [1.54, 1.807) is 13.8 Å². The van der Waals surface area contributed by atoms with Crippen LogP contribution in [0.15, 0.2) is 24.3 Å². The summed E-state index contributed by atoms with van der Waals surface area (Å²) < 4.78 is 37.5. The first-order valence-electron chi connectivity index (χ1n) is 5.34. The number of hydrogen-bond donors (Lipinski definition) is 2. The second-order valence-corrected chi connectivity index (χ2v) is 4.38. The summed E-state index contributed by atoms with van der Waals surface area (Å²) in [6.07, 6.45) is -5.25. The second-order valence-electron chi connectivity index (χ2n) is 4.38. The van der Waals surface area contributed by atoms with Gasteiger partial charge >= 0.3 is 6.18 Å². The van der Waals surface area contributed by atoms with Crippen LogP contribution < -0.4 is 5.73 Å². The van der Waals surface area contributed by atoms with Crippen molar-refractivity contribution in [2.24, 2.45) is 11.7 Å². The van der Waals surface area contributed by atoms with E-state index in [2.05, 4.69) is 0 Å². The van der Waals surface area contributed by atoms with Crippen molar-refractivity contribution in [1.82, 2.24) is 0 Å². The van der Waals surface area contributed by atoms with Gasteiger partial charge in [-0.05, 0) is 23.6 Å². The van der Waals surface area contributed by atoms with Crippen LogP contribution >= 0.6 is 12.4 Å². The molecule has 2 atom stereocenters. The van der Waals surface area contributed by atoms with Gasteiger partial charge in [0, 0.05) is 0 Å². The smallest absolute Gasteiger partial charge is 0.391 e. The molecule has 18 heavy (non-hydrogen) atoms. The highest BCUT2D eigenvalue weighted by Crippen LogP contribution is 2.31. The number of halogens is 4. The minimum Gasteiger partial charge on any atom is -0.391 e. The van der Waals surface area contributed by atoms with Crippen molar-refractivity contribution < 1.29 is 18.3 Å². The van der Waals surface area contributed by atoms with Crippen LogP contribution in [0.2, 0.25) is 0 Å². The maximum absolute atomic E-state index is 12.5. The maximum atomic E-state index is 12.5. The molecule has 104 valence electrons. The molecule has 0 aromatic heterocycles. The number of nitrogens with two attached hydrogens (primary N) is 1. The number of benzene rings is 1. The molecule has 0 aliphatic carbocycles. The normalized spacial score (nSPS) is 15.1. The number of alkyl halides is 3. The largest absolute Gasteiger partial charge is 0.416 e. The predicted molar refractivity (Wildman–Crippen MR) is 66.5 cm³/mol. The van der Waals surface area contributed by atoms with Crippen LogP contribution in [0, 0.1) is 5.92 Å². The van der Waals surface area contributed by atoms with Gasteiger partial charge in [-0.3, -0.25) is 0 Å². The molecule has 2 nitrogen and oxygen atoms in total. The zero-order valence-corrected chi connectivity index (χ0v) is 10.9. The summed E-state index contributed by atoms with van der Waals surface area (Å²) in [4.78, 5) is 0. The van der Waals surface area contributed by atoms with Crippen molar-refractivity contribution in [3.63, 3.8) is 0 Å². The van der Waals surface area contributed by atoms with Crippen molar-refractivity contribution in [2.45, 2.75) is 32.2 Å². The van der Waals surface area contributed by atoms with Crippen molar-refractivity contribution in [2.75, 3.05) is 0 Å². The Hall–Kier alpha value is -0.780. The van der Waals surface area contributed by atoms with Gasteiger partial charge in [-0.15, -0.1) is 12.4 Å². The SMILES string of the molecule is CC(C)[C@H](O)[C@H](N)c1cccc(C(F)(F)F)c1.Cl. The average Bonchev–Trinajstić information content (AvgIpc) is 2.26. The van der Waals surface area contributed by atoms with Gasteiger partial charge in [0.05, 0.1) is 17.7 Å². The van der Waals surface area contributed by atoms with Crippen molar-refractivity contribution in [3.8, 4) is 0 Å². The molecule has 0 bridgehead atoms. The molecular formula is C12H17ClF3NO. The summed E-state index contributed by atoms with van der Waals surface area (Å²) in [5, 5.41) is 9.74. The topological polar surface area (TPSA) is 46.2 Å². The van der Waals surface area contributed by atoms with Gasteiger partial charge in [0.25, 0.3) is 0 Å². The highest BCUT2D eigenvalue weighted by atomic mass is 35.5. The molecule has 3 N–H and O–H groups in total. The van der Waals surface area contributed by atoms with Crippen molar-refractivity contribution in [3.05, 3.63) is 35.4 Å². The molecule has 0 heterocycles. The van der Waals surface area contributed by atoms with E-state index in [9.17, 15) is 18.3 Å². The van der Waals surface area contributed by atoms with Gasteiger partial charge in [0.1, 0.15) is 0 Å². The number of hydrogen-bond acceptors (Lipinski definition) is 2. The lowest BCUT2D eigenvalue weighted by atomic mass is 9.93. The first-order valence-corrected chi connectivity index (χ1v) is 5.34. The molecule has 0 unspecified atom stereocenters. The fourth-order valence-corrected chi connectivity index (χ4v) is 1.53. The zero-order chi connectivity index (χ0) is 13.2. The van der Waals surface area contributed by atoms with E-state index < -0.39 is 23.9 Å². The highest BCUT2D eigenvalue weighted by Gasteiger charge is 2.31. The molecule has 1 rings (SSSR count). The number of rotatable bonds is 3. The summed E-state index contributed by atoms with van der Waals surface area (Å²) in [6.45, 7) is 3.52. The van der Waals surface area contributed by atoms with Crippen LogP contribution in [0.1, 0.15) is 31.0 Å². The number of aliphatic hydroxyl groups is 1. The van der Waals surface area contributed by atoms with E-state index in [1.807, 2.05) is 0 Å². The molecule has 0 fully saturated rings. The zero-order valence-electron chi connectivity index (χ0n) is 10.1. The van der Waals surface area contributed by atoms with Gasteiger partial charge in [-0.25, -0.2) is 0 Å². The minimum absolute atomic E-state index is 0. The summed E-state index contributed by atoms with van der Waals surface area (Å²) >= 11 is 0. The third kappa shape index (κ3) is 4.15. The fraction of sp³-hybridized carbons (Fsp3) is 0.500. The average molecular weight is 284 g/mol. The lowest BCUT2D eigenvalue weighted by Crippen LogP contribution is -2.30. The molecule has 0 amide bonds. The van der Waals surface area contributed by atoms with Gasteiger partial charge in [-0.1, -0.05) is 26.0 Å². The van der Waals surface area contributed by atoms with Crippen LogP contribution in [-0.2, 0) is 6.18 Å². The van der Waals surface area contributed by atoms with E-state index in [-0.39, 0.29) is 18.3 Å². The molecular weight excluding hydrogens is 267 g/mol. The van der Waals surface area contributed by atoms with E-state index in [4.69, 9.17) is 5.73 Å². The van der Waals surface area contributed by atoms with Gasteiger partial charge in [-0.2, -0.15) is 13.2 Å². The van der Waals surface area contributed by atoms with Crippen LogP contribution in [-0.4, -0.2) is 11.2 Å². The summed E-state index contributed by atoms with van der Waals surface area (Å²) in [5.74, 6) is -0.112. The minimum atomic E-state index is -4.39. The first-order chi connectivity index (χ1) is 7.73. The molecule has 1 aromatic carbocycles. The van der Waals surface area contributed by atoms with Crippen LogP contribution in [0.25, 0.3) is 0 Å². The number of aliphatic hydroxyl groups excluding tert-OH is 1. The third-order valence-electron chi connectivity index (χ3n) is 2.65. The third-order valence-corrected chi connectivity index (χ3v) is 2.65. The Balaban J connectivity index is 0.00000289. The quantitative estimate of drug-likeness (QED) is 0.895. The summed E-state index contributed by atoms with van der Waals surface area (Å²) in [5.41, 5.74) is 5.28. The van der Waals surface area contributed by atoms with Crippen molar-refractivity contribution in [1.29, 1.82) is 0 Å². The second kappa shape index (κ2) is 6.41. The molecule has 6 heteroatoms. The molecule has 0 spiro atoms. The van der Waals surface area contributed by atoms with E-state index >= 15 is 0 Å². The first kappa shape index (κ1) is 17.2. The lowest BCUT2D eigenvalue weighted by Gasteiger charge is -2.23. The Morgan fingerprint density at radius 2 is 1.78 bits per heavy atom. The van der Waals surface area contributed by atoms with Crippen LogP contribution in [0.4, 0.5) is 13.2 Å². The van der Waals surface area contributed by atoms with Gasteiger partial charge in [0.2, 0.25) is 0 Å². The predicted octanol–water partition coefficient (Wildman–Crippen LogP) is 3.14. The van der Waals surface area contributed by atoms with E-state index in [1.165, 1.54) is 12.1 Å². The Morgan fingerprint density at radius 3 is 2.22 bits per heavy atom. The highest BCUT2D eigenvalue weighted by molar-refractivity contribution is 5.85. The monoisotopic (exact) mass is 283 g/mol. The summed E-state index contributed by atoms with van der Waals surface area (Å²) in [6, 6.07) is 3.95. The Morgan fingerprint density at radius 1 is 1.22 bits per heavy atom. The Bertz CT molecular complexity index is 382. The van der Waals surface area contributed by atoms with Crippen LogP contribution in [0.5, 0.6) is 0 Å². The van der Waals surface area contributed by atoms with Gasteiger partial charge in [0.15, 0.2) is 0 Å². The molecule has 0 saturated carbocycles. The van der Waals surface area contributed by atoms with Crippen LogP contribution in [0.3, 0.4) is 0 Å². The molecule has 0 saturated heterocycles. The van der Waals surface area contributed by atoms with E-state index in [0.29, 0.717) is 5.56 Å². The Labute approximate surface area is 110 Å². The summed E-state index contributed by atoms with van der Waals surface area (Å²) in [7, 11) is 0. The Kier molecular flexibility index (Phi) is 6.13. The fourth-order valence-electron chi connectivity index (χ4n) is 1.53.